The van der Waals surface area contributed by atoms with E-state index in [1.54, 1.807) is 50.9 Å². The number of aliphatic hydroxyl groups is 1. The van der Waals surface area contributed by atoms with E-state index in [1.807, 2.05) is 6.07 Å². The minimum Gasteiger partial charge on any atom is -0.497 e. The Morgan fingerprint density at radius 1 is 1.21 bits per heavy atom. The van der Waals surface area contributed by atoms with E-state index in [0.717, 1.165) is 5.56 Å². The number of hydrogen-bond donors (Lipinski definition) is 2. The van der Waals surface area contributed by atoms with Gasteiger partial charge in [0.15, 0.2) is 0 Å². The molecule has 0 atom stereocenters. The Hall–Kier alpha value is -2.80. The van der Waals surface area contributed by atoms with Crippen molar-refractivity contribution in [2.24, 2.45) is 0 Å². The Bertz CT molecular complexity index is 664. The molecule has 2 aromatic rings. The highest BCUT2D eigenvalue weighted by Gasteiger charge is 2.16. The second-order valence-electron chi connectivity index (χ2n) is 4.99. The van der Waals surface area contributed by atoms with E-state index in [-0.39, 0.29) is 25.7 Å². The van der Waals surface area contributed by atoms with Gasteiger partial charge in [0.25, 0.3) is 0 Å². The summed E-state index contributed by atoms with van der Waals surface area (Å²) >= 11 is 0. The molecule has 0 aliphatic heterocycles. The normalized spacial score (nSPS) is 10.1. The smallest absolute Gasteiger partial charge is 0.322 e. The molecule has 7 heteroatoms. The number of benzene rings is 1. The molecule has 128 valence electrons. The third kappa shape index (κ3) is 4.60. The van der Waals surface area contributed by atoms with Crippen molar-refractivity contribution in [3.8, 4) is 11.5 Å². The minimum absolute atomic E-state index is 0.143. The highest BCUT2D eigenvalue weighted by atomic mass is 16.5. The predicted molar refractivity (Wildman–Crippen MR) is 90.3 cm³/mol. The van der Waals surface area contributed by atoms with Crippen LogP contribution in [0.3, 0.4) is 0 Å². The van der Waals surface area contributed by atoms with Gasteiger partial charge in [-0.25, -0.2) is 4.79 Å². The fourth-order valence-electron chi connectivity index (χ4n) is 2.22. The van der Waals surface area contributed by atoms with Gasteiger partial charge in [-0.1, -0.05) is 0 Å². The highest BCUT2D eigenvalue weighted by Crippen LogP contribution is 2.25. The van der Waals surface area contributed by atoms with Crippen LogP contribution in [0.15, 0.2) is 42.7 Å². The molecular weight excluding hydrogens is 310 g/mol. The van der Waals surface area contributed by atoms with E-state index >= 15 is 0 Å². The summed E-state index contributed by atoms with van der Waals surface area (Å²) in [6.45, 7) is 0.325. The lowest BCUT2D eigenvalue weighted by molar-refractivity contribution is 0.184. The summed E-state index contributed by atoms with van der Waals surface area (Å²) in [5, 5.41) is 12.0. The Kier molecular flexibility index (Phi) is 6.39. The first-order valence-corrected chi connectivity index (χ1v) is 7.45. The Balaban J connectivity index is 2.17. The number of aromatic nitrogens is 1. The van der Waals surface area contributed by atoms with Gasteiger partial charge in [0.05, 0.1) is 27.4 Å². The third-order valence-corrected chi connectivity index (χ3v) is 3.44. The van der Waals surface area contributed by atoms with E-state index in [1.165, 1.54) is 4.90 Å². The third-order valence-electron chi connectivity index (χ3n) is 3.44. The Labute approximate surface area is 140 Å². The lowest BCUT2D eigenvalue weighted by Crippen LogP contribution is -2.36. The molecule has 1 heterocycles. The number of urea groups is 1. The van der Waals surface area contributed by atoms with Gasteiger partial charge in [0, 0.05) is 30.2 Å². The molecule has 0 saturated carbocycles. The summed E-state index contributed by atoms with van der Waals surface area (Å²) in [6.07, 6.45) is 3.19. The van der Waals surface area contributed by atoms with Gasteiger partial charge in [0.1, 0.15) is 11.5 Å². The molecule has 2 N–H and O–H groups in total. The van der Waals surface area contributed by atoms with Gasteiger partial charge in [-0.05, 0) is 30.3 Å². The van der Waals surface area contributed by atoms with Crippen molar-refractivity contribution >= 4 is 11.7 Å². The van der Waals surface area contributed by atoms with Crippen LogP contribution >= 0.6 is 0 Å². The maximum Gasteiger partial charge on any atom is 0.322 e. The maximum atomic E-state index is 12.5. The van der Waals surface area contributed by atoms with E-state index in [0.29, 0.717) is 17.2 Å². The SMILES string of the molecule is COc1ccc(OC)c(CN(CCO)C(=O)Nc2ccncc2)c1. The average molecular weight is 331 g/mol. The van der Waals surface area contributed by atoms with Crippen LogP contribution in [0.25, 0.3) is 0 Å². The van der Waals surface area contributed by atoms with Crippen LogP contribution < -0.4 is 14.8 Å². The van der Waals surface area contributed by atoms with Gasteiger partial charge < -0.3 is 24.8 Å². The molecule has 2 amide bonds. The van der Waals surface area contributed by atoms with Gasteiger partial charge >= 0.3 is 6.03 Å². The lowest BCUT2D eigenvalue weighted by Gasteiger charge is -2.23. The molecule has 0 fully saturated rings. The predicted octanol–water partition coefficient (Wildman–Crippen LogP) is 2.13. The number of amides is 2. The van der Waals surface area contributed by atoms with Crippen LogP contribution in [0.2, 0.25) is 0 Å². The largest absolute Gasteiger partial charge is 0.497 e. The zero-order chi connectivity index (χ0) is 17.4. The highest BCUT2D eigenvalue weighted by molar-refractivity contribution is 5.89. The van der Waals surface area contributed by atoms with Gasteiger partial charge in [-0.2, -0.15) is 0 Å². The zero-order valence-corrected chi connectivity index (χ0v) is 13.7. The van der Waals surface area contributed by atoms with Crippen molar-refractivity contribution in [1.82, 2.24) is 9.88 Å². The topological polar surface area (TPSA) is 83.9 Å². The van der Waals surface area contributed by atoms with E-state index in [2.05, 4.69) is 10.3 Å². The van der Waals surface area contributed by atoms with Crippen molar-refractivity contribution in [1.29, 1.82) is 0 Å². The molecule has 0 aliphatic rings. The molecule has 0 spiro atoms. The van der Waals surface area contributed by atoms with Gasteiger partial charge in [-0.15, -0.1) is 0 Å². The van der Waals surface area contributed by atoms with Gasteiger partial charge in [-0.3, -0.25) is 4.98 Å². The second-order valence-corrected chi connectivity index (χ2v) is 4.99. The first-order valence-electron chi connectivity index (χ1n) is 7.45. The van der Waals surface area contributed by atoms with Crippen molar-refractivity contribution in [3.05, 3.63) is 48.3 Å². The number of carbonyl (C=O) groups excluding carboxylic acids is 1. The standard InChI is InChI=1S/C17H21N3O4/c1-23-15-3-4-16(24-2)13(11-15)12-20(9-10-21)17(22)19-14-5-7-18-8-6-14/h3-8,11,21H,9-10,12H2,1-2H3,(H,18,19,22). The van der Waals surface area contributed by atoms with Gasteiger partial charge in [0.2, 0.25) is 0 Å². The summed E-state index contributed by atoms with van der Waals surface area (Å²) in [5.41, 5.74) is 1.42. The molecule has 7 nitrogen and oxygen atoms in total. The molecule has 0 aliphatic carbocycles. The number of aliphatic hydroxyl groups excluding tert-OH is 1. The van der Waals surface area contributed by atoms with Crippen LogP contribution in [0, 0.1) is 0 Å². The summed E-state index contributed by atoms with van der Waals surface area (Å²) < 4.78 is 10.6. The summed E-state index contributed by atoms with van der Waals surface area (Å²) in [5.74, 6) is 1.32. The lowest BCUT2D eigenvalue weighted by atomic mass is 10.1. The number of nitrogens with zero attached hydrogens (tertiary/aromatic N) is 2. The number of anilines is 1. The van der Waals surface area contributed by atoms with E-state index < -0.39 is 0 Å². The van der Waals surface area contributed by atoms with Crippen molar-refractivity contribution < 1.29 is 19.4 Å². The average Bonchev–Trinajstić information content (AvgIpc) is 2.62. The Morgan fingerprint density at radius 3 is 2.58 bits per heavy atom. The quantitative estimate of drug-likeness (QED) is 0.812. The molecular formula is C17H21N3O4. The Morgan fingerprint density at radius 2 is 1.96 bits per heavy atom. The van der Waals surface area contributed by atoms with Crippen LogP contribution in [0.4, 0.5) is 10.5 Å². The van der Waals surface area contributed by atoms with Crippen LogP contribution in [0.1, 0.15) is 5.56 Å². The number of methoxy groups -OCH3 is 2. The number of carbonyl (C=O) groups is 1. The van der Waals surface area contributed by atoms with Crippen LogP contribution in [-0.4, -0.2) is 48.4 Å². The number of ether oxygens (including phenoxy) is 2. The number of nitrogens with one attached hydrogen (secondary N) is 1. The fourth-order valence-corrected chi connectivity index (χ4v) is 2.22. The van der Waals surface area contributed by atoms with Crippen molar-refractivity contribution in [2.45, 2.75) is 6.54 Å². The van der Waals surface area contributed by atoms with E-state index in [4.69, 9.17) is 9.47 Å². The molecule has 0 radical (unpaired) electrons. The van der Waals surface area contributed by atoms with Crippen molar-refractivity contribution in [3.63, 3.8) is 0 Å². The summed E-state index contributed by atoms with van der Waals surface area (Å²) in [4.78, 5) is 17.9. The summed E-state index contributed by atoms with van der Waals surface area (Å²) in [6, 6.07) is 8.45. The molecule has 0 saturated heterocycles. The monoisotopic (exact) mass is 331 g/mol. The molecule has 1 aromatic heterocycles. The van der Waals surface area contributed by atoms with Crippen LogP contribution in [-0.2, 0) is 6.54 Å². The molecule has 1 aromatic carbocycles. The first kappa shape index (κ1) is 17.6. The zero-order valence-electron chi connectivity index (χ0n) is 13.7. The van der Waals surface area contributed by atoms with Crippen molar-refractivity contribution in [2.75, 3.05) is 32.7 Å². The molecule has 0 bridgehead atoms. The minimum atomic E-state index is -0.319. The molecule has 0 unspecified atom stereocenters. The maximum absolute atomic E-state index is 12.5. The van der Waals surface area contributed by atoms with Crippen LogP contribution in [0.5, 0.6) is 11.5 Å². The molecule has 2 rings (SSSR count). The first-order chi connectivity index (χ1) is 11.7. The fraction of sp³-hybridized carbons (Fsp3) is 0.294. The number of rotatable bonds is 7. The number of hydrogen-bond acceptors (Lipinski definition) is 5. The molecule has 24 heavy (non-hydrogen) atoms. The summed E-state index contributed by atoms with van der Waals surface area (Å²) in [7, 11) is 3.14. The number of pyridine rings is 1. The second kappa shape index (κ2) is 8.73. The van der Waals surface area contributed by atoms with E-state index in [9.17, 15) is 9.90 Å².